The van der Waals surface area contributed by atoms with Crippen LogP contribution in [0.25, 0.3) is 0 Å². The fourth-order valence-electron chi connectivity index (χ4n) is 3.39. The lowest BCUT2D eigenvalue weighted by Gasteiger charge is -2.14. The Hall–Kier alpha value is -3.06. The zero-order valence-corrected chi connectivity index (χ0v) is 18.3. The number of amides is 1. The van der Waals surface area contributed by atoms with Gasteiger partial charge in [0.05, 0.1) is 13.2 Å². The number of nitrogens with zero attached hydrogens (tertiary/aromatic N) is 1. The smallest absolute Gasteiger partial charge is 0.253 e. The summed E-state index contributed by atoms with van der Waals surface area (Å²) < 4.78 is 11.1. The van der Waals surface area contributed by atoms with Crippen molar-refractivity contribution >= 4 is 17.6 Å². The summed E-state index contributed by atoms with van der Waals surface area (Å²) in [7, 11) is 0. The Morgan fingerprint density at radius 1 is 1.16 bits per heavy atom. The van der Waals surface area contributed by atoms with Crippen LogP contribution in [0, 0.1) is 0 Å². The first kappa shape index (κ1) is 22.6. The summed E-state index contributed by atoms with van der Waals surface area (Å²) in [6.45, 7) is 7.16. The lowest BCUT2D eigenvalue weighted by atomic mass is 10.2. The molecule has 1 amide bonds. The molecule has 0 aliphatic carbocycles. The largest absolute Gasteiger partial charge is 0.494 e. The number of benzene rings is 2. The SMILES string of the molecule is CCNC(=NCc1cccc(NC(=O)C2CCCO2)c1)NCc1ccccc1OCC. The summed E-state index contributed by atoms with van der Waals surface area (Å²) in [6.07, 6.45) is 1.37. The number of nitrogens with one attached hydrogen (secondary N) is 3. The van der Waals surface area contributed by atoms with Crippen molar-refractivity contribution in [2.75, 3.05) is 25.1 Å². The molecular weight excluding hydrogens is 392 g/mol. The van der Waals surface area contributed by atoms with Crippen molar-refractivity contribution in [2.24, 2.45) is 4.99 Å². The average molecular weight is 425 g/mol. The van der Waals surface area contributed by atoms with Crippen molar-refractivity contribution in [3.63, 3.8) is 0 Å². The number of hydrogen-bond acceptors (Lipinski definition) is 4. The van der Waals surface area contributed by atoms with Crippen molar-refractivity contribution in [1.82, 2.24) is 10.6 Å². The number of carbonyl (C=O) groups is 1. The van der Waals surface area contributed by atoms with Crippen LogP contribution >= 0.6 is 0 Å². The third-order valence-electron chi connectivity index (χ3n) is 4.90. The fraction of sp³-hybridized carbons (Fsp3) is 0.417. The van der Waals surface area contributed by atoms with Gasteiger partial charge in [-0.25, -0.2) is 4.99 Å². The number of hydrogen-bond donors (Lipinski definition) is 3. The third-order valence-corrected chi connectivity index (χ3v) is 4.90. The van der Waals surface area contributed by atoms with Gasteiger partial charge in [-0.05, 0) is 50.5 Å². The van der Waals surface area contributed by atoms with Crippen molar-refractivity contribution in [3.05, 3.63) is 59.7 Å². The summed E-state index contributed by atoms with van der Waals surface area (Å²) in [5, 5.41) is 9.58. The second-order valence-electron chi connectivity index (χ2n) is 7.28. The molecule has 1 heterocycles. The highest BCUT2D eigenvalue weighted by Crippen LogP contribution is 2.18. The van der Waals surface area contributed by atoms with Gasteiger partial charge in [0.2, 0.25) is 0 Å². The van der Waals surface area contributed by atoms with Gasteiger partial charge in [0, 0.05) is 30.9 Å². The number of ether oxygens (including phenoxy) is 2. The molecule has 7 heteroatoms. The van der Waals surface area contributed by atoms with E-state index in [-0.39, 0.29) is 12.0 Å². The van der Waals surface area contributed by atoms with E-state index < -0.39 is 0 Å². The number of aliphatic imine (C=N–C) groups is 1. The molecule has 0 spiro atoms. The Bertz CT molecular complexity index is 879. The number of carbonyl (C=O) groups excluding carboxylic acids is 1. The van der Waals surface area contributed by atoms with E-state index in [0.29, 0.717) is 26.3 Å². The predicted octanol–water partition coefficient (Wildman–Crippen LogP) is 3.46. The number of para-hydroxylation sites is 1. The molecule has 2 aromatic rings. The molecule has 2 aromatic carbocycles. The molecule has 1 atom stereocenters. The highest BCUT2D eigenvalue weighted by Gasteiger charge is 2.23. The Morgan fingerprint density at radius 2 is 2.03 bits per heavy atom. The molecular formula is C24H32N4O3. The monoisotopic (exact) mass is 424 g/mol. The maximum Gasteiger partial charge on any atom is 0.253 e. The van der Waals surface area contributed by atoms with Crippen LogP contribution < -0.4 is 20.7 Å². The molecule has 0 saturated carbocycles. The van der Waals surface area contributed by atoms with Crippen LogP contribution in [-0.4, -0.2) is 37.7 Å². The van der Waals surface area contributed by atoms with Crippen LogP contribution in [-0.2, 0) is 22.6 Å². The molecule has 166 valence electrons. The normalized spacial score (nSPS) is 16.1. The first-order valence-electron chi connectivity index (χ1n) is 10.9. The second kappa shape index (κ2) is 12.0. The Labute approximate surface area is 184 Å². The molecule has 31 heavy (non-hydrogen) atoms. The number of guanidine groups is 1. The van der Waals surface area contributed by atoms with Gasteiger partial charge >= 0.3 is 0 Å². The van der Waals surface area contributed by atoms with Crippen LogP contribution in [0.15, 0.2) is 53.5 Å². The molecule has 0 bridgehead atoms. The Kier molecular flexibility index (Phi) is 8.72. The highest BCUT2D eigenvalue weighted by atomic mass is 16.5. The van der Waals surface area contributed by atoms with Gasteiger partial charge in [0.1, 0.15) is 11.9 Å². The van der Waals surface area contributed by atoms with Crippen LogP contribution in [0.4, 0.5) is 5.69 Å². The fourth-order valence-corrected chi connectivity index (χ4v) is 3.39. The van der Waals surface area contributed by atoms with Gasteiger partial charge in [0.15, 0.2) is 5.96 Å². The zero-order valence-electron chi connectivity index (χ0n) is 18.3. The third kappa shape index (κ3) is 7.00. The lowest BCUT2D eigenvalue weighted by molar-refractivity contribution is -0.124. The second-order valence-corrected chi connectivity index (χ2v) is 7.28. The molecule has 1 aliphatic heterocycles. The lowest BCUT2D eigenvalue weighted by Crippen LogP contribution is -2.36. The number of rotatable bonds is 9. The Morgan fingerprint density at radius 3 is 2.81 bits per heavy atom. The first-order valence-corrected chi connectivity index (χ1v) is 10.9. The van der Waals surface area contributed by atoms with Gasteiger partial charge in [-0.15, -0.1) is 0 Å². The minimum Gasteiger partial charge on any atom is -0.494 e. The van der Waals surface area contributed by atoms with Crippen LogP contribution in [0.1, 0.15) is 37.8 Å². The van der Waals surface area contributed by atoms with Gasteiger partial charge in [-0.1, -0.05) is 30.3 Å². The van der Waals surface area contributed by atoms with E-state index in [4.69, 9.17) is 9.47 Å². The van der Waals surface area contributed by atoms with E-state index in [1.807, 2.05) is 62.4 Å². The minimum atomic E-state index is -0.342. The summed E-state index contributed by atoms with van der Waals surface area (Å²) in [5.74, 6) is 1.52. The highest BCUT2D eigenvalue weighted by molar-refractivity contribution is 5.94. The minimum absolute atomic E-state index is 0.0823. The van der Waals surface area contributed by atoms with Crippen molar-refractivity contribution in [1.29, 1.82) is 0 Å². The quantitative estimate of drug-likeness (QED) is 0.424. The first-order chi connectivity index (χ1) is 15.2. The molecule has 3 N–H and O–H groups in total. The van der Waals surface area contributed by atoms with Gasteiger partial charge in [-0.2, -0.15) is 0 Å². The summed E-state index contributed by atoms with van der Waals surface area (Å²) in [6, 6.07) is 15.7. The van der Waals surface area contributed by atoms with Gasteiger partial charge < -0.3 is 25.4 Å². The summed E-state index contributed by atoms with van der Waals surface area (Å²) >= 11 is 0. The standard InChI is InChI=1S/C24H32N4O3/c1-3-25-24(27-17-19-10-5-6-12-21(19)30-4-2)26-16-18-9-7-11-20(15-18)28-23(29)22-13-8-14-31-22/h5-7,9-12,15,22H,3-4,8,13-14,16-17H2,1-2H3,(H,28,29)(H2,25,26,27). The van der Waals surface area contributed by atoms with Gasteiger partial charge in [-0.3, -0.25) is 4.79 Å². The molecule has 7 nitrogen and oxygen atoms in total. The maximum atomic E-state index is 12.3. The molecule has 1 saturated heterocycles. The van der Waals surface area contributed by atoms with Crippen molar-refractivity contribution < 1.29 is 14.3 Å². The molecule has 3 rings (SSSR count). The molecule has 0 aromatic heterocycles. The van der Waals surface area contributed by atoms with Crippen molar-refractivity contribution in [2.45, 2.75) is 45.9 Å². The zero-order chi connectivity index (χ0) is 21.9. The topological polar surface area (TPSA) is 84.0 Å². The molecule has 0 radical (unpaired) electrons. The van der Waals surface area contributed by atoms with Crippen LogP contribution in [0.2, 0.25) is 0 Å². The van der Waals surface area contributed by atoms with Crippen LogP contribution in [0.5, 0.6) is 5.75 Å². The predicted molar refractivity (Wildman–Crippen MR) is 123 cm³/mol. The van der Waals surface area contributed by atoms with Gasteiger partial charge in [0.25, 0.3) is 5.91 Å². The van der Waals surface area contributed by atoms with Crippen molar-refractivity contribution in [3.8, 4) is 5.75 Å². The van der Waals surface area contributed by atoms with E-state index in [1.54, 1.807) is 0 Å². The van der Waals surface area contributed by atoms with Crippen LogP contribution in [0.3, 0.4) is 0 Å². The average Bonchev–Trinajstić information content (AvgIpc) is 3.32. The maximum absolute atomic E-state index is 12.3. The molecule has 1 unspecified atom stereocenters. The van der Waals surface area contributed by atoms with E-state index >= 15 is 0 Å². The van der Waals surface area contributed by atoms with E-state index in [2.05, 4.69) is 20.9 Å². The van der Waals surface area contributed by atoms with E-state index in [9.17, 15) is 4.79 Å². The Balaban J connectivity index is 1.60. The summed E-state index contributed by atoms with van der Waals surface area (Å²) in [5.41, 5.74) is 2.85. The van der Waals surface area contributed by atoms with E-state index in [0.717, 1.165) is 47.9 Å². The summed E-state index contributed by atoms with van der Waals surface area (Å²) in [4.78, 5) is 17.0. The number of anilines is 1. The molecule has 1 fully saturated rings. The van der Waals surface area contributed by atoms with E-state index in [1.165, 1.54) is 0 Å². The molecule has 1 aliphatic rings.